The molecule has 0 saturated carbocycles. The Morgan fingerprint density at radius 1 is 1.31 bits per heavy atom. The van der Waals surface area contributed by atoms with Gasteiger partial charge in [0.25, 0.3) is 0 Å². The van der Waals surface area contributed by atoms with Crippen molar-refractivity contribution in [2.75, 3.05) is 33.4 Å². The summed E-state index contributed by atoms with van der Waals surface area (Å²) < 4.78 is 11.6. The van der Waals surface area contributed by atoms with Crippen LogP contribution < -0.4 is 10.1 Å². The molecule has 5 nitrogen and oxygen atoms in total. The molecule has 1 saturated heterocycles. The highest BCUT2D eigenvalue weighted by Crippen LogP contribution is 2.46. The van der Waals surface area contributed by atoms with Crippen molar-refractivity contribution < 1.29 is 14.3 Å². The molecule has 6 heteroatoms. The molecule has 156 valence electrons. The zero-order valence-electron chi connectivity index (χ0n) is 17.1. The molecule has 0 aliphatic carbocycles. The molecule has 29 heavy (non-hydrogen) atoms. The maximum absolute atomic E-state index is 12.5. The van der Waals surface area contributed by atoms with Crippen LogP contribution >= 0.6 is 11.3 Å². The summed E-state index contributed by atoms with van der Waals surface area (Å²) in [6.07, 6.45) is 3.43. The molecule has 0 unspecified atom stereocenters. The van der Waals surface area contributed by atoms with Gasteiger partial charge in [-0.1, -0.05) is 18.2 Å². The van der Waals surface area contributed by atoms with Crippen molar-refractivity contribution >= 4 is 17.2 Å². The van der Waals surface area contributed by atoms with Gasteiger partial charge in [-0.15, -0.1) is 0 Å². The molecule has 3 heterocycles. The van der Waals surface area contributed by atoms with Gasteiger partial charge in [0.1, 0.15) is 11.4 Å². The predicted octanol–water partition coefficient (Wildman–Crippen LogP) is 3.80. The first-order valence-electron chi connectivity index (χ1n) is 10.4. The van der Waals surface area contributed by atoms with Crippen molar-refractivity contribution in [3.63, 3.8) is 0 Å². The lowest BCUT2D eigenvalue weighted by molar-refractivity contribution is -0.122. The highest BCUT2D eigenvalue weighted by atomic mass is 32.1. The number of ether oxygens (including phenoxy) is 2. The number of amides is 1. The highest BCUT2D eigenvalue weighted by molar-refractivity contribution is 7.07. The fourth-order valence-corrected chi connectivity index (χ4v) is 5.24. The summed E-state index contributed by atoms with van der Waals surface area (Å²) in [5, 5.41) is 7.35. The molecule has 1 aromatic carbocycles. The number of fused-ring (bicyclic) bond motifs is 1. The van der Waals surface area contributed by atoms with Crippen LogP contribution in [0.5, 0.6) is 5.75 Å². The zero-order valence-corrected chi connectivity index (χ0v) is 17.9. The van der Waals surface area contributed by atoms with E-state index in [1.165, 1.54) is 11.1 Å². The number of para-hydroxylation sites is 1. The van der Waals surface area contributed by atoms with Gasteiger partial charge in [-0.25, -0.2) is 0 Å². The number of hydrogen-bond acceptors (Lipinski definition) is 5. The van der Waals surface area contributed by atoms with E-state index in [1.807, 2.05) is 12.1 Å². The second-order valence-electron chi connectivity index (χ2n) is 8.18. The Hall–Kier alpha value is -1.89. The van der Waals surface area contributed by atoms with E-state index in [2.05, 4.69) is 39.2 Å². The van der Waals surface area contributed by atoms with Crippen molar-refractivity contribution in [1.82, 2.24) is 10.2 Å². The third-order valence-corrected chi connectivity index (χ3v) is 6.85. The Morgan fingerprint density at radius 3 is 2.90 bits per heavy atom. The van der Waals surface area contributed by atoms with Crippen LogP contribution in [0.4, 0.5) is 0 Å². The number of benzene rings is 1. The number of likely N-dealkylation sites (tertiary alicyclic amines) is 1. The summed E-state index contributed by atoms with van der Waals surface area (Å²) in [6, 6.07) is 10.4. The second-order valence-corrected chi connectivity index (χ2v) is 8.96. The molecular formula is C23H30N2O3S. The fourth-order valence-electron chi connectivity index (χ4n) is 4.58. The lowest BCUT2D eigenvalue weighted by Crippen LogP contribution is -2.50. The highest BCUT2D eigenvalue weighted by Gasteiger charge is 2.43. The number of methoxy groups -OCH3 is 1. The van der Waals surface area contributed by atoms with Crippen LogP contribution in [0.15, 0.2) is 41.1 Å². The first kappa shape index (κ1) is 20.4. The van der Waals surface area contributed by atoms with Crippen molar-refractivity contribution in [2.45, 2.75) is 43.7 Å². The lowest BCUT2D eigenvalue weighted by atomic mass is 9.76. The average molecular weight is 415 g/mol. The minimum absolute atomic E-state index is 0.0915. The quantitative estimate of drug-likeness (QED) is 0.700. The Kier molecular flexibility index (Phi) is 6.53. The van der Waals surface area contributed by atoms with Crippen LogP contribution in [-0.4, -0.2) is 49.8 Å². The SMILES string of the molecule is COCCNC(=O)C[C@@H]1CC2(CCN(Cc3ccsc3)CC2)Oc2ccccc21. The number of hydrogen-bond donors (Lipinski definition) is 1. The number of rotatable bonds is 7. The van der Waals surface area contributed by atoms with Crippen molar-refractivity contribution in [2.24, 2.45) is 0 Å². The van der Waals surface area contributed by atoms with Gasteiger partial charge < -0.3 is 14.8 Å². The third kappa shape index (κ3) is 5.00. The molecular weight excluding hydrogens is 384 g/mol. The van der Waals surface area contributed by atoms with Crippen LogP contribution in [0.1, 0.15) is 42.7 Å². The molecule has 1 aromatic heterocycles. The predicted molar refractivity (Wildman–Crippen MR) is 115 cm³/mol. The van der Waals surface area contributed by atoms with Crippen molar-refractivity contribution in [3.05, 3.63) is 52.2 Å². The number of piperidine rings is 1. The van der Waals surface area contributed by atoms with Gasteiger partial charge >= 0.3 is 0 Å². The molecule has 1 amide bonds. The number of carbonyl (C=O) groups excluding carboxylic acids is 1. The molecule has 1 atom stereocenters. The Labute approximate surface area is 177 Å². The van der Waals surface area contributed by atoms with E-state index < -0.39 is 0 Å². The molecule has 4 rings (SSSR count). The van der Waals surface area contributed by atoms with Gasteiger partial charge in [-0.05, 0) is 53.3 Å². The maximum atomic E-state index is 12.5. The van der Waals surface area contributed by atoms with Gasteiger partial charge in [0.2, 0.25) is 5.91 Å². The van der Waals surface area contributed by atoms with E-state index >= 15 is 0 Å². The topological polar surface area (TPSA) is 50.8 Å². The maximum Gasteiger partial charge on any atom is 0.220 e. The van der Waals surface area contributed by atoms with Gasteiger partial charge in [-0.2, -0.15) is 11.3 Å². The number of thiophene rings is 1. The number of nitrogens with zero attached hydrogens (tertiary/aromatic N) is 1. The van der Waals surface area contributed by atoms with E-state index in [4.69, 9.17) is 9.47 Å². The Bertz CT molecular complexity index is 800. The zero-order chi connectivity index (χ0) is 20.1. The normalized spacial score (nSPS) is 20.8. The van der Waals surface area contributed by atoms with Gasteiger partial charge in [0.15, 0.2) is 0 Å². The summed E-state index contributed by atoms with van der Waals surface area (Å²) in [6.45, 7) is 4.18. The molecule has 2 aromatic rings. The van der Waals surface area contributed by atoms with Gasteiger partial charge in [0, 0.05) is 45.6 Å². The molecule has 2 aliphatic rings. The third-order valence-electron chi connectivity index (χ3n) is 6.12. The van der Waals surface area contributed by atoms with Gasteiger partial charge in [-0.3, -0.25) is 9.69 Å². The minimum Gasteiger partial charge on any atom is -0.487 e. The lowest BCUT2D eigenvalue weighted by Gasteiger charge is -2.47. The van der Waals surface area contributed by atoms with E-state index in [1.54, 1.807) is 18.4 Å². The standard InChI is InChI=1S/C23H30N2O3S/c1-27-12-9-24-22(26)14-19-15-23(28-21-5-3-2-4-20(19)21)7-10-25(11-8-23)16-18-6-13-29-17-18/h2-6,13,17,19H,7-12,14-16H2,1H3,(H,24,26)/t19-/m1/s1. The molecule has 0 radical (unpaired) electrons. The number of nitrogens with one attached hydrogen (secondary N) is 1. The van der Waals surface area contributed by atoms with Crippen LogP contribution in [0.3, 0.4) is 0 Å². The molecule has 1 fully saturated rings. The first-order chi connectivity index (χ1) is 14.2. The van der Waals surface area contributed by atoms with E-state index in [9.17, 15) is 4.79 Å². The Balaban J connectivity index is 1.42. The molecule has 1 spiro atoms. The Morgan fingerprint density at radius 2 is 2.14 bits per heavy atom. The van der Waals surface area contributed by atoms with Crippen LogP contribution in [-0.2, 0) is 16.1 Å². The van der Waals surface area contributed by atoms with Crippen molar-refractivity contribution in [3.8, 4) is 5.75 Å². The molecule has 2 aliphatic heterocycles. The smallest absolute Gasteiger partial charge is 0.220 e. The van der Waals surface area contributed by atoms with Crippen molar-refractivity contribution in [1.29, 1.82) is 0 Å². The summed E-state index contributed by atoms with van der Waals surface area (Å²) >= 11 is 1.76. The molecule has 1 N–H and O–H groups in total. The van der Waals surface area contributed by atoms with Gasteiger partial charge in [0.05, 0.1) is 6.61 Å². The second kappa shape index (κ2) is 9.28. The molecule has 0 bridgehead atoms. The largest absolute Gasteiger partial charge is 0.487 e. The fraction of sp³-hybridized carbons (Fsp3) is 0.522. The summed E-state index contributed by atoms with van der Waals surface area (Å²) in [4.78, 5) is 15.0. The van der Waals surface area contributed by atoms with E-state index in [0.717, 1.165) is 44.6 Å². The monoisotopic (exact) mass is 414 g/mol. The average Bonchev–Trinajstić information content (AvgIpc) is 3.23. The first-order valence-corrected chi connectivity index (χ1v) is 11.4. The van der Waals surface area contributed by atoms with E-state index in [0.29, 0.717) is 19.6 Å². The van der Waals surface area contributed by atoms with E-state index in [-0.39, 0.29) is 17.4 Å². The summed E-state index contributed by atoms with van der Waals surface area (Å²) in [7, 11) is 1.65. The summed E-state index contributed by atoms with van der Waals surface area (Å²) in [5.74, 6) is 1.25. The van der Waals surface area contributed by atoms with Crippen LogP contribution in [0, 0.1) is 0 Å². The van der Waals surface area contributed by atoms with Crippen LogP contribution in [0.2, 0.25) is 0 Å². The minimum atomic E-state index is -0.156. The van der Waals surface area contributed by atoms with Crippen LogP contribution in [0.25, 0.3) is 0 Å². The number of carbonyl (C=O) groups is 1. The summed E-state index contributed by atoms with van der Waals surface area (Å²) in [5.41, 5.74) is 2.41.